The normalized spacial score (nSPS) is 11.8. The highest BCUT2D eigenvalue weighted by atomic mass is 14.3. The number of aryl methyl sites for hydroxylation is 4. The molecule has 0 aromatic heterocycles. The topological polar surface area (TPSA) is 95.2 Å². The van der Waals surface area contributed by atoms with Crippen molar-refractivity contribution in [2.75, 3.05) is 0 Å². The first-order valence-electron chi connectivity index (χ1n) is 8.28. The largest absolute Gasteiger partial charge is 0.192 e. The summed E-state index contributed by atoms with van der Waals surface area (Å²) >= 11 is 0. The number of rotatable bonds is 0. The molecule has 4 aliphatic rings. The lowest BCUT2D eigenvalue weighted by atomic mass is 9.91. The van der Waals surface area contributed by atoms with Crippen LogP contribution in [0.4, 0.5) is 0 Å². The van der Waals surface area contributed by atoms with E-state index in [2.05, 4.69) is 24.3 Å². The van der Waals surface area contributed by atoms with E-state index in [0.29, 0.717) is 23.3 Å². The zero-order chi connectivity index (χ0) is 18.5. The molecule has 0 saturated heterocycles. The molecule has 0 N–H and O–H groups in total. The Morgan fingerprint density at radius 2 is 0.923 bits per heavy atom. The van der Waals surface area contributed by atoms with Crippen LogP contribution >= 0.6 is 0 Å². The van der Waals surface area contributed by atoms with Gasteiger partial charge in [-0.15, -0.1) is 0 Å². The van der Waals surface area contributed by atoms with Crippen LogP contribution in [-0.2, 0) is 25.7 Å². The van der Waals surface area contributed by atoms with Gasteiger partial charge in [0.1, 0.15) is 35.4 Å². The third-order valence-electron chi connectivity index (χ3n) is 4.70. The zero-order valence-corrected chi connectivity index (χ0v) is 14.1. The number of hydrogen-bond donors (Lipinski definition) is 0. The molecule has 26 heavy (non-hydrogen) atoms. The van der Waals surface area contributed by atoms with Crippen molar-refractivity contribution < 1.29 is 0 Å². The van der Waals surface area contributed by atoms with Crippen LogP contribution in [0.2, 0.25) is 0 Å². The molecule has 0 saturated carbocycles. The van der Waals surface area contributed by atoms with Gasteiger partial charge in [-0.2, -0.15) is 21.0 Å². The molecule has 4 aliphatic carbocycles. The van der Waals surface area contributed by atoms with E-state index in [4.69, 9.17) is 0 Å². The van der Waals surface area contributed by atoms with E-state index in [0.717, 1.165) is 24.0 Å². The Labute approximate surface area is 151 Å². The predicted molar refractivity (Wildman–Crippen MR) is 96.2 cm³/mol. The molecule has 4 heteroatoms. The van der Waals surface area contributed by atoms with Gasteiger partial charge in [-0.05, 0) is 60.1 Å². The molecule has 2 aromatic rings. The Morgan fingerprint density at radius 3 is 1.23 bits per heavy atom. The Morgan fingerprint density at radius 1 is 0.577 bits per heavy atom. The molecule has 4 bridgehead atoms. The zero-order valence-electron chi connectivity index (χ0n) is 14.1. The van der Waals surface area contributed by atoms with E-state index in [1.165, 1.54) is 11.1 Å². The maximum atomic E-state index is 9.33. The maximum absolute atomic E-state index is 9.33. The van der Waals surface area contributed by atoms with Crippen molar-refractivity contribution in [3.63, 3.8) is 0 Å². The first-order valence-corrected chi connectivity index (χ1v) is 8.28. The molecule has 0 fully saturated rings. The van der Waals surface area contributed by atoms with Gasteiger partial charge in [0.2, 0.25) is 0 Å². The summed E-state index contributed by atoms with van der Waals surface area (Å²) in [6.07, 6.45) is 2.76. The highest BCUT2D eigenvalue weighted by Crippen LogP contribution is 2.12. The van der Waals surface area contributed by atoms with Gasteiger partial charge in [-0.25, -0.2) is 0 Å². The van der Waals surface area contributed by atoms with Gasteiger partial charge >= 0.3 is 0 Å². The van der Waals surface area contributed by atoms with Crippen molar-refractivity contribution in [3.8, 4) is 24.3 Å². The van der Waals surface area contributed by atoms with E-state index in [1.54, 1.807) is 0 Å². The molecule has 0 aliphatic heterocycles. The van der Waals surface area contributed by atoms with Crippen molar-refractivity contribution in [2.45, 2.75) is 25.7 Å². The summed E-state index contributed by atoms with van der Waals surface area (Å²) in [4.78, 5) is 0. The molecule has 4 nitrogen and oxygen atoms in total. The summed E-state index contributed by atoms with van der Waals surface area (Å²) in [6, 6.07) is 19.9. The summed E-state index contributed by atoms with van der Waals surface area (Å²) in [5.74, 6) is 0. The first kappa shape index (κ1) is 17.0. The fraction of sp³-hybridized carbons (Fsp3) is 0.182. The van der Waals surface area contributed by atoms with E-state index in [9.17, 15) is 21.0 Å². The van der Waals surface area contributed by atoms with E-state index < -0.39 is 0 Å². The molecule has 0 spiro atoms. The minimum absolute atomic E-state index is 0.0641. The van der Waals surface area contributed by atoms with Crippen LogP contribution in [0, 0.1) is 45.3 Å². The van der Waals surface area contributed by atoms with Crippen molar-refractivity contribution in [2.24, 2.45) is 0 Å². The number of nitrogens with zero attached hydrogens (tertiary/aromatic N) is 4. The molecule has 0 unspecified atom stereocenters. The van der Waals surface area contributed by atoms with Crippen LogP contribution in [-0.4, -0.2) is 0 Å². The summed E-state index contributed by atoms with van der Waals surface area (Å²) in [6.45, 7) is 0. The fourth-order valence-electron chi connectivity index (χ4n) is 3.29. The summed E-state index contributed by atoms with van der Waals surface area (Å²) in [5, 5.41) is 38.5. The van der Waals surface area contributed by atoms with Crippen molar-refractivity contribution >= 4 is 11.1 Å². The van der Waals surface area contributed by atoms with Gasteiger partial charge in [-0.1, -0.05) is 24.3 Å². The third kappa shape index (κ3) is 3.18. The first-order chi connectivity index (χ1) is 12.7. The Balaban J connectivity index is 2.39. The predicted octanol–water partition coefficient (Wildman–Crippen LogP) is 1.97. The SMILES string of the molecule is N#CC(C#N)=c1cc2c(=C(C#N)C#N)cc1CCc1ccc(cc1)CC2. The molecule has 0 atom stereocenters. The third-order valence-corrected chi connectivity index (χ3v) is 4.70. The van der Waals surface area contributed by atoms with Gasteiger partial charge in [0.25, 0.3) is 0 Å². The lowest BCUT2D eigenvalue weighted by molar-refractivity contribution is 0.907. The number of hydrogen-bond acceptors (Lipinski definition) is 4. The average molecular weight is 334 g/mol. The molecule has 6 rings (SSSR count). The monoisotopic (exact) mass is 334 g/mol. The summed E-state index contributed by atoms with van der Waals surface area (Å²) in [5.41, 5.74) is 4.10. The fourth-order valence-corrected chi connectivity index (χ4v) is 3.29. The van der Waals surface area contributed by atoms with Crippen LogP contribution in [0.5, 0.6) is 0 Å². The highest BCUT2D eigenvalue weighted by molar-refractivity contribution is 5.76. The molecular formula is C22H14N4. The molecular weight excluding hydrogens is 320 g/mol. The van der Waals surface area contributed by atoms with E-state index >= 15 is 0 Å². The van der Waals surface area contributed by atoms with E-state index in [-0.39, 0.29) is 11.1 Å². The second-order valence-electron chi connectivity index (χ2n) is 6.18. The van der Waals surface area contributed by atoms with Gasteiger partial charge in [0.15, 0.2) is 0 Å². The number of benzene rings is 2. The van der Waals surface area contributed by atoms with Crippen LogP contribution in [0.15, 0.2) is 36.4 Å². The highest BCUT2D eigenvalue weighted by Gasteiger charge is 2.11. The number of nitriles is 4. The molecule has 0 radical (unpaired) electrons. The smallest absolute Gasteiger partial charge is 0.137 e. The maximum Gasteiger partial charge on any atom is 0.137 e. The lowest BCUT2D eigenvalue weighted by Gasteiger charge is -2.12. The van der Waals surface area contributed by atoms with Crippen LogP contribution in [0.3, 0.4) is 0 Å². The Kier molecular flexibility index (Phi) is 4.80. The van der Waals surface area contributed by atoms with Gasteiger partial charge < -0.3 is 0 Å². The molecule has 2 aromatic carbocycles. The van der Waals surface area contributed by atoms with Crippen LogP contribution < -0.4 is 10.4 Å². The van der Waals surface area contributed by atoms with Gasteiger partial charge in [0.05, 0.1) is 0 Å². The summed E-state index contributed by atoms with van der Waals surface area (Å²) in [7, 11) is 0. The average Bonchev–Trinajstić information content (AvgIpc) is 2.67. The quantitative estimate of drug-likeness (QED) is 0.736. The molecule has 0 heterocycles. The van der Waals surface area contributed by atoms with Crippen molar-refractivity contribution in [3.05, 3.63) is 69.1 Å². The Hall–Kier alpha value is -3.86. The molecule has 122 valence electrons. The van der Waals surface area contributed by atoms with E-state index in [1.807, 2.05) is 36.4 Å². The van der Waals surface area contributed by atoms with Crippen LogP contribution in [0.25, 0.3) is 11.1 Å². The van der Waals surface area contributed by atoms with Crippen molar-refractivity contribution in [1.29, 1.82) is 21.0 Å². The van der Waals surface area contributed by atoms with Gasteiger partial charge in [0, 0.05) is 10.4 Å². The summed E-state index contributed by atoms with van der Waals surface area (Å²) < 4.78 is 0. The van der Waals surface area contributed by atoms with Gasteiger partial charge in [-0.3, -0.25) is 0 Å². The van der Waals surface area contributed by atoms with Crippen LogP contribution in [0.1, 0.15) is 22.3 Å². The minimum atomic E-state index is 0.0641. The second-order valence-corrected chi connectivity index (χ2v) is 6.18. The standard InChI is InChI=1S/C22H14N4/c23-11-19(12-24)21-10-18-8-6-16-2-1-15(3-4-16)5-7-17(21)9-22(18)20(13-25)14-26/h1-4,9-10H,5-8H2. The minimum Gasteiger partial charge on any atom is -0.192 e. The second kappa shape index (κ2) is 7.36. The van der Waals surface area contributed by atoms with Crippen molar-refractivity contribution in [1.82, 2.24) is 0 Å². The Bertz CT molecular complexity index is 1030. The lowest BCUT2D eigenvalue weighted by Crippen LogP contribution is -2.24. The molecule has 0 amide bonds.